The summed E-state index contributed by atoms with van der Waals surface area (Å²) in [5.74, 6) is 3.37. The minimum atomic E-state index is -0.670. The molecular formula is C53H32N4O. The van der Waals surface area contributed by atoms with Gasteiger partial charge in [0.05, 0.1) is 17.0 Å². The first-order chi connectivity index (χ1) is 28.7. The molecule has 2 aliphatic rings. The molecule has 58 heavy (non-hydrogen) atoms. The van der Waals surface area contributed by atoms with Gasteiger partial charge >= 0.3 is 0 Å². The molecule has 0 bridgehead atoms. The number of hydrogen-bond acceptors (Lipinski definition) is 5. The van der Waals surface area contributed by atoms with Crippen LogP contribution in [-0.4, -0.2) is 15.0 Å². The van der Waals surface area contributed by atoms with Crippen molar-refractivity contribution in [3.8, 4) is 85.1 Å². The van der Waals surface area contributed by atoms with E-state index < -0.39 is 5.41 Å². The zero-order valence-electron chi connectivity index (χ0n) is 31.2. The zero-order valence-corrected chi connectivity index (χ0v) is 31.2. The lowest BCUT2D eigenvalue weighted by Gasteiger charge is -2.40. The molecule has 0 fully saturated rings. The van der Waals surface area contributed by atoms with Crippen LogP contribution in [0.25, 0.3) is 67.5 Å². The molecule has 0 atom stereocenters. The Bertz CT molecular complexity index is 2990. The summed E-state index contributed by atoms with van der Waals surface area (Å²) in [6.45, 7) is 0. The molecule has 2 heterocycles. The first kappa shape index (κ1) is 33.4. The normalized spacial score (nSPS) is 12.7. The van der Waals surface area contributed by atoms with Gasteiger partial charge in [-0.05, 0) is 33.9 Å². The van der Waals surface area contributed by atoms with Crippen LogP contribution < -0.4 is 4.74 Å². The van der Waals surface area contributed by atoms with Crippen molar-refractivity contribution in [2.75, 3.05) is 0 Å². The minimum Gasteiger partial charge on any atom is -0.455 e. The molecule has 1 aliphatic carbocycles. The Morgan fingerprint density at radius 3 is 1.29 bits per heavy atom. The molecule has 5 nitrogen and oxygen atoms in total. The largest absolute Gasteiger partial charge is 0.455 e. The van der Waals surface area contributed by atoms with Crippen LogP contribution in [-0.2, 0) is 5.41 Å². The quantitative estimate of drug-likeness (QED) is 0.176. The highest BCUT2D eigenvalue weighted by atomic mass is 16.5. The number of nitriles is 1. The fourth-order valence-corrected chi connectivity index (χ4v) is 8.94. The van der Waals surface area contributed by atoms with Crippen LogP contribution >= 0.6 is 0 Å². The van der Waals surface area contributed by atoms with Crippen molar-refractivity contribution in [2.45, 2.75) is 5.41 Å². The first-order valence-corrected chi connectivity index (χ1v) is 19.3. The molecule has 8 aromatic carbocycles. The summed E-state index contributed by atoms with van der Waals surface area (Å²) in [7, 11) is 0. The van der Waals surface area contributed by atoms with Gasteiger partial charge in [-0.3, -0.25) is 0 Å². The number of para-hydroxylation sites is 2. The smallest absolute Gasteiger partial charge is 0.164 e. The van der Waals surface area contributed by atoms with Crippen molar-refractivity contribution >= 4 is 0 Å². The van der Waals surface area contributed by atoms with Crippen molar-refractivity contribution in [1.82, 2.24) is 15.0 Å². The number of rotatable bonds is 5. The number of nitrogens with zero attached hydrogens (tertiary/aromatic N) is 4. The lowest BCUT2D eigenvalue weighted by molar-refractivity contribution is 0.440. The van der Waals surface area contributed by atoms with Crippen LogP contribution in [0.5, 0.6) is 11.5 Å². The molecule has 1 aromatic heterocycles. The zero-order chi connectivity index (χ0) is 38.6. The number of benzene rings is 8. The molecule has 0 radical (unpaired) electrons. The third-order valence-corrected chi connectivity index (χ3v) is 11.5. The summed E-state index contributed by atoms with van der Waals surface area (Å²) in [4.78, 5) is 14.8. The summed E-state index contributed by atoms with van der Waals surface area (Å²) in [5, 5.41) is 10.2. The Kier molecular flexibility index (Phi) is 7.70. The third-order valence-electron chi connectivity index (χ3n) is 11.5. The van der Waals surface area contributed by atoms with Gasteiger partial charge in [0, 0.05) is 44.5 Å². The van der Waals surface area contributed by atoms with E-state index in [-0.39, 0.29) is 0 Å². The van der Waals surface area contributed by atoms with E-state index in [9.17, 15) is 5.26 Å². The molecule has 0 unspecified atom stereocenters. The number of fused-ring (bicyclic) bond motifs is 9. The van der Waals surface area contributed by atoms with E-state index in [2.05, 4.69) is 115 Å². The summed E-state index contributed by atoms with van der Waals surface area (Å²) < 4.78 is 7.27. The Hall–Kier alpha value is -7.94. The topological polar surface area (TPSA) is 71.7 Å². The second-order valence-electron chi connectivity index (χ2n) is 14.6. The van der Waals surface area contributed by atoms with Crippen LogP contribution in [0.4, 0.5) is 0 Å². The summed E-state index contributed by atoms with van der Waals surface area (Å²) in [6, 6.07) is 68.9. The predicted molar refractivity (Wildman–Crippen MR) is 229 cm³/mol. The molecule has 270 valence electrons. The summed E-state index contributed by atoms with van der Waals surface area (Å²) in [6.07, 6.45) is 0. The summed E-state index contributed by atoms with van der Waals surface area (Å²) in [5.41, 5.74) is 13.3. The Morgan fingerprint density at radius 1 is 0.345 bits per heavy atom. The van der Waals surface area contributed by atoms with E-state index in [1.165, 1.54) is 22.3 Å². The van der Waals surface area contributed by atoms with E-state index in [0.29, 0.717) is 23.0 Å². The predicted octanol–water partition coefficient (Wildman–Crippen LogP) is 12.5. The van der Waals surface area contributed by atoms with Crippen molar-refractivity contribution < 1.29 is 4.74 Å². The standard InChI is InChI=1S/C53H32N4O/c54-33-38-19-7-8-20-39(38)43-24-14-28-47-49(43)58-48-40(23-13-27-46(48)53(47)44-25-11-9-21-41(44)42-22-10-12-26-45(42)53)34-29-31-37(32-30-34)52-56-50(35-15-3-1-4-16-35)55-51(57-52)36-17-5-2-6-18-36/h1-32H. The number of hydrogen-bond donors (Lipinski definition) is 0. The second-order valence-corrected chi connectivity index (χ2v) is 14.6. The Labute approximate surface area is 336 Å². The maximum atomic E-state index is 10.2. The molecule has 0 amide bonds. The van der Waals surface area contributed by atoms with E-state index in [1.807, 2.05) is 84.9 Å². The average molecular weight is 741 g/mol. The van der Waals surface area contributed by atoms with Crippen molar-refractivity contribution in [1.29, 1.82) is 5.26 Å². The summed E-state index contributed by atoms with van der Waals surface area (Å²) >= 11 is 0. The molecule has 1 aliphatic heterocycles. The maximum Gasteiger partial charge on any atom is 0.164 e. The van der Waals surface area contributed by atoms with Crippen LogP contribution in [0.2, 0.25) is 0 Å². The fourth-order valence-electron chi connectivity index (χ4n) is 8.94. The highest BCUT2D eigenvalue weighted by Crippen LogP contribution is 2.64. The van der Waals surface area contributed by atoms with Crippen molar-refractivity contribution in [3.63, 3.8) is 0 Å². The van der Waals surface area contributed by atoms with Gasteiger partial charge in [-0.25, -0.2) is 15.0 Å². The van der Waals surface area contributed by atoms with Gasteiger partial charge in [0.25, 0.3) is 0 Å². The molecule has 0 N–H and O–H groups in total. The van der Waals surface area contributed by atoms with E-state index in [0.717, 1.165) is 61.6 Å². The third kappa shape index (κ3) is 5.06. The van der Waals surface area contributed by atoms with Gasteiger partial charge in [0.2, 0.25) is 0 Å². The lowest BCUT2D eigenvalue weighted by Crippen LogP contribution is -2.32. The van der Waals surface area contributed by atoms with Crippen molar-refractivity contribution in [3.05, 3.63) is 222 Å². The average Bonchev–Trinajstić information content (AvgIpc) is 3.60. The molecule has 11 rings (SSSR count). The van der Waals surface area contributed by atoms with E-state index in [4.69, 9.17) is 19.7 Å². The molecule has 1 spiro atoms. The van der Waals surface area contributed by atoms with E-state index in [1.54, 1.807) is 0 Å². The monoisotopic (exact) mass is 740 g/mol. The van der Waals surface area contributed by atoms with Crippen LogP contribution in [0.3, 0.4) is 0 Å². The number of ether oxygens (including phenoxy) is 1. The highest BCUT2D eigenvalue weighted by Gasteiger charge is 2.52. The van der Waals surface area contributed by atoms with Gasteiger partial charge in [0.15, 0.2) is 17.5 Å². The molecule has 0 saturated carbocycles. The lowest BCUT2D eigenvalue weighted by atomic mass is 9.65. The van der Waals surface area contributed by atoms with Crippen LogP contribution in [0.1, 0.15) is 27.8 Å². The highest BCUT2D eigenvalue weighted by molar-refractivity contribution is 5.92. The number of aromatic nitrogens is 3. The van der Waals surface area contributed by atoms with E-state index >= 15 is 0 Å². The van der Waals surface area contributed by atoms with Gasteiger partial charge in [-0.1, -0.05) is 188 Å². The minimum absolute atomic E-state index is 0.596. The van der Waals surface area contributed by atoms with Gasteiger partial charge in [0.1, 0.15) is 11.5 Å². The SMILES string of the molecule is N#Cc1ccccc1-c1cccc2c1Oc1c(-c3ccc(-c4nc(-c5ccccc5)nc(-c5ccccc5)n4)cc3)cccc1C21c2ccccc2-c2ccccc21. The maximum absolute atomic E-state index is 10.2. The molecule has 0 saturated heterocycles. The van der Waals surface area contributed by atoms with Gasteiger partial charge in [-0.15, -0.1) is 0 Å². The molecule has 5 heteroatoms. The van der Waals surface area contributed by atoms with Crippen LogP contribution in [0, 0.1) is 11.3 Å². The molecule has 9 aromatic rings. The Morgan fingerprint density at radius 2 is 0.741 bits per heavy atom. The van der Waals surface area contributed by atoms with Crippen molar-refractivity contribution in [2.24, 2.45) is 0 Å². The fraction of sp³-hybridized carbons (Fsp3) is 0.0189. The van der Waals surface area contributed by atoms with Crippen LogP contribution in [0.15, 0.2) is 194 Å². The van der Waals surface area contributed by atoms with Gasteiger partial charge in [-0.2, -0.15) is 5.26 Å². The Balaban J connectivity index is 1.11. The molecular weight excluding hydrogens is 709 g/mol. The second kappa shape index (κ2) is 13.4. The first-order valence-electron chi connectivity index (χ1n) is 19.3. The van der Waals surface area contributed by atoms with Gasteiger partial charge < -0.3 is 4.74 Å².